The van der Waals surface area contributed by atoms with Crippen LogP contribution in [0, 0.1) is 0 Å². The highest BCUT2D eigenvalue weighted by Crippen LogP contribution is 2.42. The van der Waals surface area contributed by atoms with Gasteiger partial charge in [-0.15, -0.1) is 11.3 Å². The molecule has 0 unspecified atom stereocenters. The first-order chi connectivity index (χ1) is 13.1. The van der Waals surface area contributed by atoms with Crippen LogP contribution in [0.5, 0.6) is 0 Å². The molecule has 3 aromatic rings. The van der Waals surface area contributed by atoms with Crippen molar-refractivity contribution in [3.63, 3.8) is 0 Å². The first kappa shape index (κ1) is 17.9. The van der Waals surface area contributed by atoms with E-state index in [-0.39, 0.29) is 11.3 Å². The fourth-order valence-electron chi connectivity index (χ4n) is 3.71. The van der Waals surface area contributed by atoms with Crippen LogP contribution in [0.3, 0.4) is 0 Å². The highest BCUT2D eigenvalue weighted by molar-refractivity contribution is 7.13. The third kappa shape index (κ3) is 3.42. The number of anilines is 1. The van der Waals surface area contributed by atoms with Crippen molar-refractivity contribution in [1.29, 1.82) is 0 Å². The molecular formula is C20H19ClN4OS. The topological polar surface area (TPSA) is 72.1 Å². The Kier molecular flexibility index (Phi) is 4.85. The van der Waals surface area contributed by atoms with E-state index in [0.717, 1.165) is 18.5 Å². The smallest absolute Gasteiger partial charge is 0.272 e. The monoisotopic (exact) mass is 398 g/mol. The summed E-state index contributed by atoms with van der Waals surface area (Å²) in [4.78, 5) is 23.4. The van der Waals surface area contributed by atoms with Crippen LogP contribution in [0.1, 0.15) is 34.6 Å². The van der Waals surface area contributed by atoms with E-state index < -0.39 is 0 Å². The molecular weight excluding hydrogens is 380 g/mol. The number of hydrogen-bond donors (Lipinski definition) is 1. The lowest BCUT2D eigenvalue weighted by Crippen LogP contribution is -2.46. The Hall–Kier alpha value is -2.44. The molecule has 27 heavy (non-hydrogen) atoms. The average molecular weight is 399 g/mol. The lowest BCUT2D eigenvalue weighted by molar-refractivity contribution is 0.0678. The van der Waals surface area contributed by atoms with Crippen molar-refractivity contribution in [2.45, 2.75) is 18.3 Å². The van der Waals surface area contributed by atoms with Crippen LogP contribution in [0.2, 0.25) is 5.02 Å². The van der Waals surface area contributed by atoms with Gasteiger partial charge in [0.15, 0.2) is 5.13 Å². The van der Waals surface area contributed by atoms with Crippen LogP contribution in [-0.2, 0) is 5.41 Å². The minimum Gasteiger partial charge on any atom is -0.375 e. The zero-order chi connectivity index (χ0) is 18.9. The summed E-state index contributed by atoms with van der Waals surface area (Å²) in [6.45, 7) is 1.27. The summed E-state index contributed by atoms with van der Waals surface area (Å²) in [5.74, 6) is -0.0638. The van der Waals surface area contributed by atoms with Gasteiger partial charge in [0.2, 0.25) is 0 Å². The fourth-order valence-corrected chi connectivity index (χ4v) is 4.49. The van der Waals surface area contributed by atoms with Crippen LogP contribution in [0.15, 0.2) is 54.0 Å². The molecule has 4 rings (SSSR count). The molecule has 138 valence electrons. The Morgan fingerprint density at radius 1 is 1.15 bits per heavy atom. The average Bonchev–Trinajstić information content (AvgIpc) is 3.16. The van der Waals surface area contributed by atoms with Crippen molar-refractivity contribution in [3.05, 3.63) is 76.0 Å². The summed E-state index contributed by atoms with van der Waals surface area (Å²) in [7, 11) is 0. The van der Waals surface area contributed by atoms with Crippen LogP contribution >= 0.6 is 22.9 Å². The van der Waals surface area contributed by atoms with Gasteiger partial charge < -0.3 is 10.6 Å². The van der Waals surface area contributed by atoms with E-state index in [1.54, 1.807) is 12.1 Å². The van der Waals surface area contributed by atoms with E-state index in [9.17, 15) is 4.79 Å². The Labute approximate surface area is 166 Å². The Balaban J connectivity index is 1.60. The number of nitrogens with two attached hydrogens (primary N) is 1. The van der Waals surface area contributed by atoms with E-state index in [1.165, 1.54) is 23.1 Å². The standard InChI is InChI=1S/C20H19ClN4OS/c21-15-6-7-16(23-12-15)18(26)25-10-8-20(9-11-25,14-4-2-1-3-5-14)17-13-27-19(22)24-17/h1-7,12-13H,8-11H2,(H2,22,24). The number of amides is 1. The predicted molar refractivity (Wildman–Crippen MR) is 108 cm³/mol. The van der Waals surface area contributed by atoms with Crippen molar-refractivity contribution >= 4 is 34.0 Å². The van der Waals surface area contributed by atoms with Gasteiger partial charge in [0, 0.05) is 30.1 Å². The molecule has 0 aliphatic carbocycles. The Bertz CT molecular complexity index is 934. The molecule has 0 spiro atoms. The summed E-state index contributed by atoms with van der Waals surface area (Å²) in [5.41, 5.74) is 8.32. The number of thiazole rings is 1. The zero-order valence-corrected chi connectivity index (χ0v) is 16.2. The molecule has 1 aromatic carbocycles. The van der Waals surface area contributed by atoms with Gasteiger partial charge in [-0.1, -0.05) is 41.9 Å². The van der Waals surface area contributed by atoms with Crippen LogP contribution in [0.25, 0.3) is 0 Å². The van der Waals surface area contributed by atoms with E-state index >= 15 is 0 Å². The van der Waals surface area contributed by atoms with Crippen molar-refractivity contribution in [2.75, 3.05) is 18.8 Å². The quantitative estimate of drug-likeness (QED) is 0.723. The second-order valence-electron chi connectivity index (χ2n) is 6.67. The van der Waals surface area contributed by atoms with Crippen molar-refractivity contribution in [2.24, 2.45) is 0 Å². The number of aromatic nitrogens is 2. The molecule has 7 heteroatoms. The van der Waals surface area contributed by atoms with Gasteiger partial charge in [-0.2, -0.15) is 0 Å². The molecule has 5 nitrogen and oxygen atoms in total. The Morgan fingerprint density at radius 3 is 2.48 bits per heavy atom. The minimum atomic E-state index is -0.223. The zero-order valence-electron chi connectivity index (χ0n) is 14.6. The van der Waals surface area contributed by atoms with Crippen LogP contribution < -0.4 is 5.73 Å². The third-order valence-corrected chi connectivity index (χ3v) is 6.09. The van der Waals surface area contributed by atoms with E-state index in [1.807, 2.05) is 28.5 Å². The lowest BCUT2D eigenvalue weighted by Gasteiger charge is -2.41. The fraction of sp³-hybridized carbons (Fsp3) is 0.250. The van der Waals surface area contributed by atoms with Crippen molar-refractivity contribution in [3.8, 4) is 0 Å². The molecule has 1 aliphatic rings. The summed E-state index contributed by atoms with van der Waals surface area (Å²) >= 11 is 7.33. The second kappa shape index (κ2) is 7.29. The highest BCUT2D eigenvalue weighted by atomic mass is 35.5. The number of rotatable bonds is 3. The van der Waals surface area contributed by atoms with Gasteiger partial charge in [-0.25, -0.2) is 9.97 Å². The normalized spacial score (nSPS) is 16.3. The maximum absolute atomic E-state index is 12.8. The summed E-state index contributed by atoms with van der Waals surface area (Å²) in [5, 5.41) is 3.14. The SMILES string of the molecule is Nc1nc(C2(c3ccccc3)CCN(C(=O)c3ccc(Cl)cn3)CC2)cs1. The predicted octanol–water partition coefficient (Wildman–Crippen LogP) is 4.00. The minimum absolute atomic E-state index is 0.0638. The number of halogens is 1. The summed E-state index contributed by atoms with van der Waals surface area (Å²) < 4.78 is 0. The first-order valence-electron chi connectivity index (χ1n) is 8.76. The molecule has 1 aliphatic heterocycles. The summed E-state index contributed by atoms with van der Waals surface area (Å²) in [6, 6.07) is 13.7. The number of carbonyl (C=O) groups is 1. The van der Waals surface area contributed by atoms with E-state index in [0.29, 0.717) is 28.9 Å². The third-order valence-electron chi connectivity index (χ3n) is 5.19. The number of nitrogen functional groups attached to an aromatic ring is 1. The lowest BCUT2D eigenvalue weighted by atomic mass is 9.70. The molecule has 2 N–H and O–H groups in total. The van der Waals surface area contributed by atoms with E-state index in [4.69, 9.17) is 17.3 Å². The van der Waals surface area contributed by atoms with Gasteiger partial charge in [0.05, 0.1) is 10.7 Å². The first-order valence-corrected chi connectivity index (χ1v) is 10.0. The number of likely N-dealkylation sites (tertiary alicyclic amines) is 1. The molecule has 1 amide bonds. The molecule has 0 atom stereocenters. The number of carbonyl (C=O) groups excluding carboxylic acids is 1. The number of piperidine rings is 1. The number of nitrogens with zero attached hydrogens (tertiary/aromatic N) is 3. The molecule has 3 heterocycles. The Morgan fingerprint density at radius 2 is 1.89 bits per heavy atom. The van der Waals surface area contributed by atoms with Crippen LogP contribution in [-0.4, -0.2) is 33.9 Å². The number of pyridine rings is 1. The molecule has 0 radical (unpaired) electrons. The largest absolute Gasteiger partial charge is 0.375 e. The highest BCUT2D eigenvalue weighted by Gasteiger charge is 2.41. The van der Waals surface area contributed by atoms with Crippen LogP contribution in [0.4, 0.5) is 5.13 Å². The summed E-state index contributed by atoms with van der Waals surface area (Å²) in [6.07, 6.45) is 3.09. The van der Waals surface area contributed by atoms with Gasteiger partial charge in [-0.05, 0) is 30.5 Å². The van der Waals surface area contributed by atoms with Gasteiger partial charge in [0.25, 0.3) is 5.91 Å². The molecule has 0 bridgehead atoms. The van der Waals surface area contributed by atoms with Crippen molar-refractivity contribution in [1.82, 2.24) is 14.9 Å². The molecule has 2 aromatic heterocycles. The van der Waals surface area contributed by atoms with Gasteiger partial charge in [-0.3, -0.25) is 4.79 Å². The number of hydrogen-bond acceptors (Lipinski definition) is 5. The van der Waals surface area contributed by atoms with Gasteiger partial charge in [0.1, 0.15) is 5.69 Å². The maximum Gasteiger partial charge on any atom is 0.272 e. The number of benzene rings is 1. The molecule has 0 saturated carbocycles. The maximum atomic E-state index is 12.8. The molecule has 1 fully saturated rings. The molecule has 1 saturated heterocycles. The van der Waals surface area contributed by atoms with E-state index in [2.05, 4.69) is 22.1 Å². The van der Waals surface area contributed by atoms with Gasteiger partial charge >= 0.3 is 0 Å². The second-order valence-corrected chi connectivity index (χ2v) is 8.00. The van der Waals surface area contributed by atoms with Crippen molar-refractivity contribution < 1.29 is 4.79 Å².